The SMILES string of the molecule is C=C1C=C(C)/C(NSC)=C\CN/C(C(=O)C/C=N\N(CNC)c2cnc(Oc3ccccc3F)cc2C)=C\1. The van der Waals surface area contributed by atoms with Crippen molar-refractivity contribution in [2.45, 2.75) is 20.3 Å². The zero-order chi connectivity index (χ0) is 27.5. The summed E-state index contributed by atoms with van der Waals surface area (Å²) in [6.07, 6.45) is 10.9. The molecule has 0 bridgehead atoms. The number of nitrogens with zero attached hydrogens (tertiary/aromatic N) is 3. The first-order valence-electron chi connectivity index (χ1n) is 12.0. The molecule has 0 radical (unpaired) electrons. The van der Waals surface area contributed by atoms with Crippen LogP contribution in [0.25, 0.3) is 0 Å². The summed E-state index contributed by atoms with van der Waals surface area (Å²) in [5.41, 5.74) is 4.76. The van der Waals surface area contributed by atoms with Crippen LogP contribution in [-0.2, 0) is 4.79 Å². The molecule has 0 saturated carbocycles. The molecule has 8 nitrogen and oxygen atoms in total. The van der Waals surface area contributed by atoms with Crippen LogP contribution in [0, 0.1) is 12.7 Å². The van der Waals surface area contributed by atoms with E-state index in [4.69, 9.17) is 4.74 Å². The fraction of sp³-hybridized carbons (Fsp3) is 0.250. The number of benzene rings is 1. The highest BCUT2D eigenvalue weighted by atomic mass is 32.2. The fourth-order valence-corrected chi connectivity index (χ4v) is 4.09. The van der Waals surface area contributed by atoms with Crippen molar-refractivity contribution in [3.8, 4) is 11.6 Å². The lowest BCUT2D eigenvalue weighted by atomic mass is 10.1. The Morgan fingerprint density at radius 1 is 1.34 bits per heavy atom. The standard InChI is InChI=1S/C28H33FN6O2S/c1-19-14-20(2)23(34-38-5)10-12-31-24(15-19)26(36)11-13-33-35(18-30-4)25-17-32-28(16-21(25)3)37-27-9-7-6-8-22(27)29/h6-10,13-17,30-31,34H,1,11-12,18H2,2-5H3/b20-14?,23-10+,24-15-,33-13-. The molecule has 3 rings (SSSR count). The quantitative estimate of drug-likeness (QED) is 0.160. The van der Waals surface area contributed by atoms with Crippen molar-refractivity contribution >= 4 is 29.6 Å². The number of para-hydroxylation sites is 1. The lowest BCUT2D eigenvalue weighted by molar-refractivity contribution is -0.114. The summed E-state index contributed by atoms with van der Waals surface area (Å²) in [5.74, 6) is -0.199. The van der Waals surface area contributed by atoms with Gasteiger partial charge in [-0.1, -0.05) is 36.7 Å². The highest BCUT2D eigenvalue weighted by Gasteiger charge is 2.13. The first kappa shape index (κ1) is 28.7. The second-order valence-corrected chi connectivity index (χ2v) is 9.06. The molecule has 1 aromatic heterocycles. The maximum Gasteiger partial charge on any atom is 0.219 e. The van der Waals surface area contributed by atoms with Gasteiger partial charge in [0, 0.05) is 37.2 Å². The Kier molecular flexibility index (Phi) is 10.7. The largest absolute Gasteiger partial charge is 0.436 e. The second-order valence-electron chi connectivity index (χ2n) is 8.44. The maximum atomic E-state index is 13.9. The molecule has 3 N–H and O–H groups in total. The van der Waals surface area contributed by atoms with Crippen LogP contribution in [0.15, 0.2) is 89.0 Å². The number of ether oxygens (including phenoxy) is 1. The van der Waals surface area contributed by atoms with E-state index in [9.17, 15) is 9.18 Å². The lowest BCUT2D eigenvalue weighted by Crippen LogP contribution is -2.28. The Bertz CT molecular complexity index is 1290. The Hall–Kier alpha value is -3.89. The molecule has 10 heteroatoms. The zero-order valence-corrected chi connectivity index (χ0v) is 22.9. The minimum absolute atomic E-state index is 0.0929. The minimum atomic E-state index is -0.463. The molecule has 2 heterocycles. The number of aryl methyl sites for hydroxylation is 1. The molecule has 1 aliphatic heterocycles. The number of hydrogen-bond acceptors (Lipinski definition) is 9. The number of halogens is 1. The molecule has 1 aromatic carbocycles. The third-order valence-corrected chi connectivity index (χ3v) is 5.88. The Morgan fingerprint density at radius 3 is 2.84 bits per heavy atom. The summed E-state index contributed by atoms with van der Waals surface area (Å²) >= 11 is 1.51. The van der Waals surface area contributed by atoms with E-state index in [1.165, 1.54) is 18.0 Å². The van der Waals surface area contributed by atoms with Gasteiger partial charge in [0.05, 0.1) is 24.2 Å². The van der Waals surface area contributed by atoms with Crippen molar-refractivity contribution in [1.82, 2.24) is 20.3 Å². The van der Waals surface area contributed by atoms with Gasteiger partial charge in [0.2, 0.25) is 5.88 Å². The van der Waals surface area contributed by atoms with Crippen LogP contribution in [0.1, 0.15) is 18.9 Å². The van der Waals surface area contributed by atoms with Crippen molar-refractivity contribution in [2.75, 3.05) is 31.5 Å². The first-order valence-corrected chi connectivity index (χ1v) is 13.2. The van der Waals surface area contributed by atoms with Gasteiger partial charge in [0.25, 0.3) is 0 Å². The number of hydrogen-bond donors (Lipinski definition) is 3. The van der Waals surface area contributed by atoms with Gasteiger partial charge in [-0.25, -0.2) is 14.4 Å². The molecule has 0 saturated heterocycles. The number of aromatic nitrogens is 1. The van der Waals surface area contributed by atoms with Crippen molar-refractivity contribution in [2.24, 2.45) is 5.10 Å². The number of hydrazone groups is 1. The van der Waals surface area contributed by atoms with Gasteiger partial charge >= 0.3 is 0 Å². The fourth-order valence-electron chi connectivity index (χ4n) is 3.63. The van der Waals surface area contributed by atoms with Gasteiger partial charge in [-0.05, 0) is 61.9 Å². The normalized spacial score (nSPS) is 16.7. The highest BCUT2D eigenvalue weighted by Crippen LogP contribution is 2.27. The number of rotatable bonds is 11. The average Bonchev–Trinajstić information content (AvgIpc) is 2.94. The zero-order valence-electron chi connectivity index (χ0n) is 22.0. The predicted octanol–water partition coefficient (Wildman–Crippen LogP) is 4.99. The molecule has 0 fully saturated rings. The van der Waals surface area contributed by atoms with E-state index in [-0.39, 0.29) is 23.8 Å². The smallest absolute Gasteiger partial charge is 0.219 e. The number of anilines is 1. The van der Waals surface area contributed by atoms with E-state index in [1.54, 1.807) is 54.8 Å². The summed E-state index contributed by atoms with van der Waals surface area (Å²) in [7, 11) is 1.80. The molecule has 0 spiro atoms. The Labute approximate surface area is 227 Å². The average molecular weight is 537 g/mol. The molecular weight excluding hydrogens is 503 g/mol. The Morgan fingerprint density at radius 2 is 2.13 bits per heavy atom. The first-order chi connectivity index (χ1) is 18.3. The maximum absolute atomic E-state index is 13.9. The number of ketones is 1. The van der Waals surface area contributed by atoms with E-state index in [0.717, 1.165) is 28.1 Å². The van der Waals surface area contributed by atoms with E-state index in [0.29, 0.717) is 18.9 Å². The highest BCUT2D eigenvalue weighted by molar-refractivity contribution is 7.96. The van der Waals surface area contributed by atoms with E-state index >= 15 is 0 Å². The summed E-state index contributed by atoms with van der Waals surface area (Å²) in [4.78, 5) is 17.3. The van der Waals surface area contributed by atoms with Gasteiger partial charge in [0.15, 0.2) is 17.3 Å². The molecule has 2 aromatic rings. The number of Topliss-reactive ketones (excluding diaryl/α,β-unsaturated/α-hetero) is 1. The van der Waals surface area contributed by atoms with Crippen LogP contribution in [0.4, 0.5) is 10.1 Å². The number of carbonyl (C=O) groups excluding carboxylic acids is 1. The summed E-state index contributed by atoms with van der Waals surface area (Å²) in [6, 6.07) is 7.87. The minimum Gasteiger partial charge on any atom is -0.436 e. The summed E-state index contributed by atoms with van der Waals surface area (Å²) < 4.78 is 22.8. The van der Waals surface area contributed by atoms with Gasteiger partial charge in [-0.3, -0.25) is 4.79 Å². The molecule has 0 atom stereocenters. The van der Waals surface area contributed by atoms with Gasteiger partial charge in [-0.2, -0.15) is 5.10 Å². The molecule has 0 amide bonds. The molecule has 200 valence electrons. The molecular formula is C28H33FN6O2S. The van der Waals surface area contributed by atoms with Crippen molar-refractivity contribution < 1.29 is 13.9 Å². The van der Waals surface area contributed by atoms with E-state index in [1.807, 2.05) is 32.3 Å². The number of pyridine rings is 1. The number of allylic oxidation sites excluding steroid dienone is 5. The monoisotopic (exact) mass is 536 g/mol. The van der Waals surface area contributed by atoms with Crippen LogP contribution in [0.3, 0.4) is 0 Å². The van der Waals surface area contributed by atoms with Crippen molar-refractivity contribution in [1.29, 1.82) is 0 Å². The lowest BCUT2D eigenvalue weighted by Gasteiger charge is -2.20. The summed E-state index contributed by atoms with van der Waals surface area (Å²) in [6.45, 7) is 8.83. The third kappa shape index (κ3) is 8.06. The van der Waals surface area contributed by atoms with Crippen LogP contribution in [0.5, 0.6) is 11.6 Å². The summed E-state index contributed by atoms with van der Waals surface area (Å²) in [5, 5.41) is 12.5. The third-order valence-electron chi connectivity index (χ3n) is 5.46. The predicted molar refractivity (Wildman–Crippen MR) is 154 cm³/mol. The van der Waals surface area contributed by atoms with Gasteiger partial charge < -0.3 is 20.1 Å². The van der Waals surface area contributed by atoms with Crippen LogP contribution in [0.2, 0.25) is 0 Å². The molecule has 0 unspecified atom stereocenters. The topological polar surface area (TPSA) is 90.9 Å². The molecule has 38 heavy (non-hydrogen) atoms. The number of nitrogens with one attached hydrogen (secondary N) is 3. The second kappa shape index (κ2) is 14.2. The molecule has 0 aliphatic carbocycles. The number of carbonyl (C=O) groups is 1. The van der Waals surface area contributed by atoms with Crippen LogP contribution in [-0.4, -0.2) is 43.5 Å². The van der Waals surface area contributed by atoms with E-state index < -0.39 is 5.82 Å². The van der Waals surface area contributed by atoms with Crippen molar-refractivity contribution in [3.63, 3.8) is 0 Å². The van der Waals surface area contributed by atoms with Crippen LogP contribution >= 0.6 is 11.9 Å². The van der Waals surface area contributed by atoms with Crippen LogP contribution < -0.4 is 25.1 Å². The van der Waals surface area contributed by atoms with Gasteiger partial charge in [-0.15, -0.1) is 0 Å². The Balaban J connectivity index is 1.70. The van der Waals surface area contributed by atoms with Gasteiger partial charge in [0.1, 0.15) is 0 Å². The van der Waals surface area contributed by atoms with Crippen molar-refractivity contribution in [3.05, 3.63) is 95.3 Å². The van der Waals surface area contributed by atoms with E-state index in [2.05, 4.69) is 32.0 Å². The molecule has 1 aliphatic rings.